The number of ketones is 4. The Bertz CT molecular complexity index is 2370. The lowest BCUT2D eigenvalue weighted by Crippen LogP contribution is -2.30. The van der Waals surface area contributed by atoms with Crippen LogP contribution in [0.15, 0.2) is 79.1 Å². The first kappa shape index (κ1) is 53.6. The van der Waals surface area contributed by atoms with Crippen molar-refractivity contribution in [1.82, 2.24) is 20.6 Å². The first-order chi connectivity index (χ1) is 31.6. The van der Waals surface area contributed by atoms with Gasteiger partial charge in [-0.05, 0) is 100 Å². The highest BCUT2D eigenvalue weighted by atomic mass is 35.5. The summed E-state index contributed by atoms with van der Waals surface area (Å²) in [5.74, 6) is 6.08. The monoisotopic (exact) mass is 920 g/mol. The van der Waals surface area contributed by atoms with E-state index in [1.165, 1.54) is 26.1 Å². The van der Waals surface area contributed by atoms with Gasteiger partial charge in [0.15, 0.2) is 18.2 Å². The third-order valence-electron chi connectivity index (χ3n) is 10.2. The largest absolute Gasteiger partial charge is 0.483 e. The van der Waals surface area contributed by atoms with Crippen LogP contribution in [0.1, 0.15) is 142 Å². The lowest BCUT2D eigenvalue weighted by Gasteiger charge is -2.16. The molecule has 0 bridgehead atoms. The molecule has 66 heavy (non-hydrogen) atoms. The second-order valence-electron chi connectivity index (χ2n) is 15.9. The van der Waals surface area contributed by atoms with E-state index in [1.807, 2.05) is 20.8 Å². The number of nitrogens with zero attached hydrogens (tertiary/aromatic N) is 2. The van der Waals surface area contributed by atoms with Crippen molar-refractivity contribution in [3.8, 4) is 17.6 Å². The van der Waals surface area contributed by atoms with E-state index in [0.29, 0.717) is 60.0 Å². The Hall–Kier alpha value is -6.72. The van der Waals surface area contributed by atoms with E-state index in [2.05, 4.69) is 43.1 Å². The van der Waals surface area contributed by atoms with Crippen LogP contribution in [0, 0.1) is 23.7 Å². The molecule has 0 radical (unpaired) electrons. The third-order valence-corrected chi connectivity index (χ3v) is 10.5. The van der Waals surface area contributed by atoms with Crippen molar-refractivity contribution in [3.05, 3.63) is 112 Å². The van der Waals surface area contributed by atoms with Crippen LogP contribution in [0.4, 0.5) is 16.2 Å². The zero-order valence-corrected chi connectivity index (χ0v) is 39.4. The van der Waals surface area contributed by atoms with Crippen molar-refractivity contribution in [2.45, 2.75) is 99.3 Å². The van der Waals surface area contributed by atoms with Gasteiger partial charge >= 0.3 is 6.03 Å². The lowest BCUT2D eigenvalue weighted by atomic mass is 9.87. The molecule has 2 aromatic heterocycles. The molecule has 2 heterocycles. The van der Waals surface area contributed by atoms with Crippen LogP contribution in [-0.2, 0) is 14.4 Å². The molecule has 1 unspecified atom stereocenters. The second kappa shape index (κ2) is 28.9. The number of urea groups is 1. The quantitative estimate of drug-likeness (QED) is 0.0240. The average molecular weight is 922 g/mol. The molecule has 0 saturated carbocycles. The number of rotatable bonds is 23. The van der Waals surface area contributed by atoms with Gasteiger partial charge in [-0.15, -0.1) is 0 Å². The minimum atomic E-state index is -0.458. The molecule has 350 valence electrons. The molecule has 4 rings (SSSR count). The van der Waals surface area contributed by atoms with Gasteiger partial charge < -0.3 is 26.0 Å². The van der Waals surface area contributed by atoms with Gasteiger partial charge in [-0.1, -0.05) is 82.2 Å². The molecule has 4 aromatic rings. The topological polar surface area (TPSA) is 203 Å². The number of amides is 4. The molecule has 0 spiro atoms. The van der Waals surface area contributed by atoms with Gasteiger partial charge in [0, 0.05) is 72.3 Å². The smallest absolute Gasteiger partial charge is 0.323 e. The molecule has 0 fully saturated rings. The van der Waals surface area contributed by atoms with E-state index in [4.69, 9.17) is 16.3 Å². The van der Waals surface area contributed by atoms with Crippen LogP contribution < -0.4 is 26.0 Å². The highest BCUT2D eigenvalue weighted by Crippen LogP contribution is 2.24. The van der Waals surface area contributed by atoms with E-state index in [0.717, 1.165) is 44.9 Å². The number of carbonyl (C=O) groups excluding carboxylic acids is 7. The van der Waals surface area contributed by atoms with E-state index in [-0.39, 0.29) is 69.5 Å². The predicted octanol–water partition coefficient (Wildman–Crippen LogP) is 9.45. The summed E-state index contributed by atoms with van der Waals surface area (Å²) in [5.41, 5.74) is 3.06. The number of Topliss-reactive ketones (excluding diaryl/α,β-unsaturated/α-hetero) is 4. The summed E-state index contributed by atoms with van der Waals surface area (Å²) >= 11 is 5.86. The number of aromatic nitrogens is 2. The average Bonchev–Trinajstić information content (AvgIpc) is 3.28. The summed E-state index contributed by atoms with van der Waals surface area (Å²) in [5, 5.41) is 11.5. The Kier molecular flexibility index (Phi) is 23.5. The number of carbonyl (C=O) groups is 7. The number of halogens is 1. The van der Waals surface area contributed by atoms with E-state index in [1.54, 1.807) is 73.8 Å². The molecule has 1 atom stereocenters. The van der Waals surface area contributed by atoms with Gasteiger partial charge in [-0.2, -0.15) is 0 Å². The zero-order chi connectivity index (χ0) is 48.4. The van der Waals surface area contributed by atoms with Gasteiger partial charge in [0.2, 0.25) is 0 Å². The van der Waals surface area contributed by atoms with Crippen molar-refractivity contribution >= 4 is 64.0 Å². The fraction of sp³-hybridized carbons (Fsp3) is 0.392. The van der Waals surface area contributed by atoms with Gasteiger partial charge in [-0.3, -0.25) is 28.8 Å². The maximum Gasteiger partial charge on any atom is 0.323 e. The Morgan fingerprint density at radius 3 is 1.98 bits per heavy atom. The molecule has 0 aliphatic rings. The number of hydrogen-bond acceptors (Lipinski definition) is 10. The van der Waals surface area contributed by atoms with Crippen LogP contribution in [0.2, 0.25) is 5.15 Å². The number of ether oxygens (including phenoxy) is 1. The molecule has 2 aromatic carbocycles. The first-order valence-corrected chi connectivity index (χ1v) is 22.6. The summed E-state index contributed by atoms with van der Waals surface area (Å²) in [7, 11) is 0. The Labute approximate surface area is 392 Å². The minimum Gasteiger partial charge on any atom is -0.483 e. The van der Waals surface area contributed by atoms with E-state index < -0.39 is 6.03 Å². The molecule has 15 heteroatoms. The number of anilines is 2. The summed E-state index contributed by atoms with van der Waals surface area (Å²) < 4.78 is 5.55. The number of unbranched alkanes of at least 4 members (excludes halogenated alkanes) is 5. The predicted molar refractivity (Wildman–Crippen MR) is 257 cm³/mol. The normalized spacial score (nSPS) is 10.8. The zero-order valence-electron chi connectivity index (χ0n) is 38.7. The van der Waals surface area contributed by atoms with Crippen molar-refractivity contribution < 1.29 is 38.3 Å². The van der Waals surface area contributed by atoms with E-state index in [9.17, 15) is 33.6 Å². The van der Waals surface area contributed by atoms with Crippen LogP contribution in [0.25, 0.3) is 0 Å². The van der Waals surface area contributed by atoms with Crippen LogP contribution >= 0.6 is 11.6 Å². The number of hydrogen-bond donors (Lipinski definition) is 4. The first-order valence-electron chi connectivity index (χ1n) is 22.2. The molecule has 4 amide bonds. The Balaban J connectivity index is 0.000000771. The molecule has 14 nitrogen and oxygen atoms in total. The van der Waals surface area contributed by atoms with Gasteiger partial charge in [0.05, 0.1) is 5.56 Å². The minimum absolute atomic E-state index is 0.0653. The maximum absolute atomic E-state index is 12.7. The van der Waals surface area contributed by atoms with Crippen molar-refractivity contribution in [2.75, 3.05) is 30.3 Å². The summed E-state index contributed by atoms with van der Waals surface area (Å²) in [4.78, 5) is 91.6. The van der Waals surface area contributed by atoms with Crippen molar-refractivity contribution in [2.24, 2.45) is 11.8 Å². The van der Waals surface area contributed by atoms with Crippen LogP contribution in [0.3, 0.4) is 0 Å². The van der Waals surface area contributed by atoms with Crippen molar-refractivity contribution in [3.63, 3.8) is 0 Å². The second-order valence-corrected chi connectivity index (χ2v) is 16.3. The SMILES string of the molecule is CC(=O)c1cccc(OCC(=O)NCCCCCCCCNC(=O)c2cccc(C#Cc3cc(NC(=O)Nc4ccnc(Cl)c4)ccn3)c2)c1C(C)=O.CCC(=O)CCC(C(C)=O)C(C)C. The fourth-order valence-corrected chi connectivity index (χ4v) is 6.89. The standard InChI is InChI=1S/C40H41ClN6O6.C11H20O2/c1-27(48)34-13-10-14-35(38(34)28(2)49)53-26-37(50)44-19-7-5-3-4-6-8-20-45-39(51)30-12-9-11-29(23-30)15-16-31-24-32(17-21-42-31)46-40(52)47-33-18-22-43-36(41)25-33;1-5-10(13)6-7-11(8(2)3)9(4)12/h9-14,17-18,21-25H,3-8,19-20,26H2,1-2H3,(H,44,50)(H,45,51)(H2,42,43,46,47,52);8,11H,5-7H2,1-4H3. The van der Waals surface area contributed by atoms with E-state index >= 15 is 0 Å². The van der Waals surface area contributed by atoms with Gasteiger partial charge in [0.25, 0.3) is 11.8 Å². The van der Waals surface area contributed by atoms with Crippen LogP contribution in [-0.4, -0.2) is 70.6 Å². The number of pyridine rings is 2. The summed E-state index contributed by atoms with van der Waals surface area (Å²) in [6.07, 6.45) is 10.5. The van der Waals surface area contributed by atoms with Crippen LogP contribution in [0.5, 0.6) is 5.75 Å². The molecule has 0 aliphatic heterocycles. The fourth-order valence-electron chi connectivity index (χ4n) is 6.72. The number of benzene rings is 2. The Morgan fingerprint density at radius 1 is 0.727 bits per heavy atom. The van der Waals surface area contributed by atoms with Gasteiger partial charge in [-0.25, -0.2) is 14.8 Å². The maximum atomic E-state index is 12.7. The molecule has 4 N–H and O–H groups in total. The molecule has 0 aliphatic carbocycles. The molecular formula is C51H61ClN6O8. The summed E-state index contributed by atoms with van der Waals surface area (Å²) in [6.45, 7) is 11.1. The van der Waals surface area contributed by atoms with Crippen molar-refractivity contribution in [1.29, 1.82) is 0 Å². The highest BCUT2D eigenvalue weighted by Gasteiger charge is 2.19. The molecule has 0 saturated heterocycles. The lowest BCUT2D eigenvalue weighted by molar-refractivity contribution is -0.124. The highest BCUT2D eigenvalue weighted by molar-refractivity contribution is 6.29. The third kappa shape index (κ3) is 20.0. The number of nitrogens with one attached hydrogen (secondary N) is 4. The van der Waals surface area contributed by atoms with Gasteiger partial charge in [0.1, 0.15) is 28.2 Å². The Morgan fingerprint density at radius 2 is 1.36 bits per heavy atom. The molecular weight excluding hydrogens is 860 g/mol. The summed E-state index contributed by atoms with van der Waals surface area (Å²) in [6, 6.07) is 17.8.